The molecule has 1 aliphatic heterocycles. The summed E-state index contributed by atoms with van der Waals surface area (Å²) in [5.74, 6) is 2.93. The van der Waals surface area contributed by atoms with E-state index >= 15 is 0 Å². The average Bonchev–Trinajstić information content (AvgIpc) is 2.54. The maximum absolute atomic E-state index is 12.2. The molecule has 1 fully saturated rings. The second-order valence-corrected chi connectivity index (χ2v) is 7.21. The second kappa shape index (κ2) is 12.5. The standard InChI is InChI=1S/C17H34N4OS/c1-4-18-17(19-10-5-6-13-23-3)20-11-9-16(22)21-12-7-8-15(2)14-21/h15H,4-14H2,1-3H3,(H2,18,19,20). The number of amides is 1. The van der Waals surface area contributed by atoms with Crippen molar-refractivity contribution in [1.29, 1.82) is 0 Å². The zero-order valence-electron chi connectivity index (χ0n) is 15.1. The van der Waals surface area contributed by atoms with E-state index in [1.807, 2.05) is 16.7 Å². The van der Waals surface area contributed by atoms with Crippen LogP contribution in [0.25, 0.3) is 0 Å². The van der Waals surface area contributed by atoms with Crippen LogP contribution in [0.1, 0.15) is 46.0 Å². The highest BCUT2D eigenvalue weighted by molar-refractivity contribution is 7.98. The van der Waals surface area contributed by atoms with Gasteiger partial charge in [-0.15, -0.1) is 0 Å². The van der Waals surface area contributed by atoms with Crippen LogP contribution in [-0.2, 0) is 4.79 Å². The molecule has 0 aromatic rings. The predicted molar refractivity (Wildman–Crippen MR) is 101 cm³/mol. The number of guanidine groups is 1. The Balaban J connectivity index is 2.25. The Morgan fingerprint density at radius 2 is 2.17 bits per heavy atom. The monoisotopic (exact) mass is 342 g/mol. The molecule has 1 amide bonds. The summed E-state index contributed by atoms with van der Waals surface area (Å²) in [6.45, 7) is 8.47. The third kappa shape index (κ3) is 9.08. The first-order valence-electron chi connectivity index (χ1n) is 8.96. The molecule has 6 heteroatoms. The summed E-state index contributed by atoms with van der Waals surface area (Å²) in [5, 5.41) is 6.52. The van der Waals surface area contributed by atoms with Crippen LogP contribution < -0.4 is 10.6 Å². The van der Waals surface area contributed by atoms with Crippen LogP contribution in [0.15, 0.2) is 4.99 Å². The van der Waals surface area contributed by atoms with Gasteiger partial charge >= 0.3 is 0 Å². The number of thioether (sulfide) groups is 1. The minimum absolute atomic E-state index is 0.264. The highest BCUT2D eigenvalue weighted by Crippen LogP contribution is 2.15. The molecule has 1 atom stereocenters. The summed E-state index contributed by atoms with van der Waals surface area (Å²) in [6, 6.07) is 0. The molecular formula is C17H34N4OS. The number of carbonyl (C=O) groups excluding carboxylic acids is 1. The van der Waals surface area contributed by atoms with E-state index in [2.05, 4.69) is 35.7 Å². The van der Waals surface area contributed by atoms with E-state index in [0.717, 1.165) is 45.0 Å². The molecule has 134 valence electrons. The molecule has 1 unspecified atom stereocenters. The molecule has 23 heavy (non-hydrogen) atoms. The van der Waals surface area contributed by atoms with Crippen molar-refractivity contribution in [2.75, 3.05) is 44.7 Å². The van der Waals surface area contributed by atoms with Crippen LogP contribution in [0.5, 0.6) is 0 Å². The topological polar surface area (TPSA) is 56.7 Å². The third-order valence-corrected chi connectivity index (χ3v) is 4.71. The Morgan fingerprint density at radius 3 is 2.87 bits per heavy atom. The molecule has 1 saturated heterocycles. The number of aliphatic imine (C=N–C) groups is 1. The van der Waals surface area contributed by atoms with Gasteiger partial charge in [0.25, 0.3) is 0 Å². The van der Waals surface area contributed by atoms with Gasteiger partial charge in [0.05, 0.1) is 0 Å². The van der Waals surface area contributed by atoms with Gasteiger partial charge in [-0.1, -0.05) is 6.92 Å². The second-order valence-electron chi connectivity index (χ2n) is 6.22. The molecular weight excluding hydrogens is 308 g/mol. The molecule has 0 aromatic carbocycles. The normalized spacial score (nSPS) is 18.8. The van der Waals surface area contributed by atoms with Crippen molar-refractivity contribution in [1.82, 2.24) is 15.5 Å². The predicted octanol–water partition coefficient (Wildman–Crippen LogP) is 2.33. The smallest absolute Gasteiger partial charge is 0.224 e. The SMILES string of the molecule is CCNC(=NCCCCSC)NCCC(=O)N1CCCC(C)C1. The Kier molecular flexibility index (Phi) is 10.9. The first-order chi connectivity index (χ1) is 11.2. The quantitative estimate of drug-likeness (QED) is 0.384. The lowest BCUT2D eigenvalue weighted by Crippen LogP contribution is -2.42. The van der Waals surface area contributed by atoms with E-state index in [1.165, 1.54) is 18.6 Å². The van der Waals surface area contributed by atoms with Gasteiger partial charge in [-0.25, -0.2) is 0 Å². The molecule has 0 bridgehead atoms. The van der Waals surface area contributed by atoms with E-state index in [1.54, 1.807) is 0 Å². The van der Waals surface area contributed by atoms with Crippen LogP contribution in [0.2, 0.25) is 0 Å². The minimum Gasteiger partial charge on any atom is -0.357 e. The highest BCUT2D eigenvalue weighted by Gasteiger charge is 2.20. The van der Waals surface area contributed by atoms with Gasteiger partial charge in [-0.05, 0) is 50.5 Å². The number of nitrogens with zero attached hydrogens (tertiary/aromatic N) is 2. The molecule has 0 saturated carbocycles. The van der Waals surface area contributed by atoms with Crippen LogP contribution in [0.3, 0.4) is 0 Å². The van der Waals surface area contributed by atoms with Gasteiger partial charge < -0.3 is 15.5 Å². The van der Waals surface area contributed by atoms with Crippen LogP contribution in [0, 0.1) is 5.92 Å². The van der Waals surface area contributed by atoms with E-state index in [0.29, 0.717) is 18.9 Å². The largest absolute Gasteiger partial charge is 0.357 e. The lowest BCUT2D eigenvalue weighted by molar-refractivity contribution is -0.132. The summed E-state index contributed by atoms with van der Waals surface area (Å²) in [5.41, 5.74) is 0. The number of piperidine rings is 1. The maximum Gasteiger partial charge on any atom is 0.224 e. The Hall–Kier alpha value is -0.910. The molecule has 0 aromatic heterocycles. The Labute approximate surface area is 146 Å². The lowest BCUT2D eigenvalue weighted by atomic mass is 10.00. The molecule has 0 radical (unpaired) electrons. The van der Waals surface area contributed by atoms with Crippen molar-refractivity contribution in [3.63, 3.8) is 0 Å². The van der Waals surface area contributed by atoms with Crippen molar-refractivity contribution in [3.8, 4) is 0 Å². The fraction of sp³-hybridized carbons (Fsp3) is 0.882. The van der Waals surface area contributed by atoms with Gasteiger partial charge in [0, 0.05) is 39.1 Å². The van der Waals surface area contributed by atoms with Crippen molar-refractivity contribution in [3.05, 3.63) is 0 Å². The number of likely N-dealkylation sites (tertiary alicyclic amines) is 1. The summed E-state index contributed by atoms with van der Waals surface area (Å²) in [4.78, 5) is 18.8. The van der Waals surface area contributed by atoms with Gasteiger partial charge in [0.15, 0.2) is 5.96 Å². The molecule has 1 heterocycles. The number of rotatable bonds is 9. The molecule has 1 rings (SSSR count). The fourth-order valence-corrected chi connectivity index (χ4v) is 3.25. The van der Waals surface area contributed by atoms with E-state index in [4.69, 9.17) is 0 Å². The van der Waals surface area contributed by atoms with Crippen LogP contribution in [-0.4, -0.2) is 61.5 Å². The van der Waals surface area contributed by atoms with Crippen molar-refractivity contribution >= 4 is 23.6 Å². The maximum atomic E-state index is 12.2. The number of hydrogen-bond donors (Lipinski definition) is 2. The van der Waals surface area contributed by atoms with Crippen molar-refractivity contribution in [2.45, 2.75) is 46.0 Å². The zero-order valence-corrected chi connectivity index (χ0v) is 15.9. The van der Waals surface area contributed by atoms with Gasteiger partial charge in [-0.2, -0.15) is 11.8 Å². The third-order valence-electron chi connectivity index (χ3n) is 4.01. The molecule has 0 spiro atoms. The number of hydrogen-bond acceptors (Lipinski definition) is 3. The lowest BCUT2D eigenvalue weighted by Gasteiger charge is -2.31. The average molecular weight is 343 g/mol. The fourth-order valence-electron chi connectivity index (χ4n) is 2.75. The first kappa shape index (κ1) is 20.1. The summed E-state index contributed by atoms with van der Waals surface area (Å²) >= 11 is 1.88. The van der Waals surface area contributed by atoms with Crippen molar-refractivity contribution in [2.24, 2.45) is 10.9 Å². The van der Waals surface area contributed by atoms with Crippen LogP contribution in [0.4, 0.5) is 0 Å². The number of nitrogens with one attached hydrogen (secondary N) is 2. The van der Waals surface area contributed by atoms with Crippen molar-refractivity contribution < 1.29 is 4.79 Å². The number of carbonyl (C=O) groups is 1. The van der Waals surface area contributed by atoms with E-state index in [9.17, 15) is 4.79 Å². The summed E-state index contributed by atoms with van der Waals surface area (Å²) in [7, 11) is 0. The van der Waals surface area contributed by atoms with E-state index in [-0.39, 0.29) is 5.91 Å². The molecule has 1 aliphatic rings. The number of unbranched alkanes of at least 4 members (excludes halogenated alkanes) is 1. The zero-order chi connectivity index (χ0) is 16.9. The van der Waals surface area contributed by atoms with Gasteiger partial charge in [-0.3, -0.25) is 9.79 Å². The highest BCUT2D eigenvalue weighted by atomic mass is 32.2. The van der Waals surface area contributed by atoms with Gasteiger partial charge in [0.1, 0.15) is 0 Å². The summed E-state index contributed by atoms with van der Waals surface area (Å²) in [6.07, 6.45) is 7.38. The summed E-state index contributed by atoms with van der Waals surface area (Å²) < 4.78 is 0. The first-order valence-corrected chi connectivity index (χ1v) is 10.4. The Bertz CT molecular complexity index is 363. The molecule has 5 nitrogen and oxygen atoms in total. The van der Waals surface area contributed by atoms with Gasteiger partial charge in [0.2, 0.25) is 5.91 Å². The van der Waals surface area contributed by atoms with E-state index < -0.39 is 0 Å². The molecule has 0 aliphatic carbocycles. The Morgan fingerprint density at radius 1 is 1.35 bits per heavy atom. The molecule has 2 N–H and O–H groups in total. The van der Waals surface area contributed by atoms with Crippen LogP contribution >= 0.6 is 11.8 Å². The minimum atomic E-state index is 0.264.